The molecule has 0 saturated carbocycles. The fraction of sp³-hybridized carbons (Fsp3) is 0.150. The number of hydrogen-bond acceptors (Lipinski definition) is 6. The van der Waals surface area contributed by atoms with Gasteiger partial charge in [-0.05, 0) is 36.8 Å². The number of halogens is 1. The van der Waals surface area contributed by atoms with Crippen LogP contribution in [0.15, 0.2) is 50.4 Å². The first kappa shape index (κ1) is 19.2. The summed E-state index contributed by atoms with van der Waals surface area (Å²) in [6.45, 7) is 1.78. The first-order valence-electron chi connectivity index (χ1n) is 8.58. The first-order valence-corrected chi connectivity index (χ1v) is 9.77. The van der Waals surface area contributed by atoms with Crippen molar-refractivity contribution >= 4 is 39.1 Å². The van der Waals surface area contributed by atoms with Gasteiger partial charge < -0.3 is 9.15 Å². The third-order valence-electron chi connectivity index (χ3n) is 4.50. The number of nitrogens with one attached hydrogen (secondary N) is 1. The zero-order chi connectivity index (χ0) is 20.7. The highest BCUT2D eigenvalue weighted by atomic mass is 35.5. The Morgan fingerprint density at radius 3 is 2.62 bits per heavy atom. The van der Waals surface area contributed by atoms with Crippen LogP contribution in [0, 0.1) is 6.92 Å². The van der Waals surface area contributed by atoms with E-state index < -0.39 is 17.2 Å². The van der Waals surface area contributed by atoms with Crippen molar-refractivity contribution in [3.8, 4) is 11.1 Å². The number of methoxy groups -OCH3 is 1. The highest BCUT2D eigenvalue weighted by molar-refractivity contribution is 7.19. The van der Waals surface area contributed by atoms with Crippen LogP contribution >= 0.6 is 22.9 Å². The van der Waals surface area contributed by atoms with E-state index in [1.165, 1.54) is 30.6 Å². The van der Waals surface area contributed by atoms with Gasteiger partial charge in [-0.3, -0.25) is 14.3 Å². The van der Waals surface area contributed by atoms with E-state index in [9.17, 15) is 14.4 Å². The third-order valence-corrected chi connectivity index (χ3v) is 5.78. The van der Waals surface area contributed by atoms with Crippen molar-refractivity contribution in [2.75, 3.05) is 7.11 Å². The van der Waals surface area contributed by atoms with Crippen molar-refractivity contribution in [1.82, 2.24) is 9.55 Å². The molecule has 0 aliphatic carbocycles. The number of carbonyl (C=O) groups is 1. The second kappa shape index (κ2) is 7.38. The molecule has 4 aromatic rings. The molecule has 0 bridgehead atoms. The monoisotopic (exact) mass is 430 g/mol. The van der Waals surface area contributed by atoms with E-state index in [0.29, 0.717) is 15.2 Å². The number of aryl methyl sites for hydroxylation is 1. The van der Waals surface area contributed by atoms with Crippen molar-refractivity contribution in [2.45, 2.75) is 13.5 Å². The Kier molecular flexibility index (Phi) is 4.89. The van der Waals surface area contributed by atoms with Gasteiger partial charge in [0.2, 0.25) is 5.76 Å². The highest BCUT2D eigenvalue weighted by Gasteiger charge is 2.19. The molecule has 0 fully saturated rings. The van der Waals surface area contributed by atoms with Crippen LogP contribution in [0.1, 0.15) is 21.2 Å². The number of carbonyl (C=O) groups excluding carboxylic acids is 1. The van der Waals surface area contributed by atoms with Gasteiger partial charge in [-0.2, -0.15) is 0 Å². The van der Waals surface area contributed by atoms with Crippen molar-refractivity contribution in [3.05, 3.63) is 78.7 Å². The van der Waals surface area contributed by atoms with Crippen molar-refractivity contribution in [2.24, 2.45) is 0 Å². The number of H-pyrrole nitrogens is 1. The molecule has 9 heteroatoms. The van der Waals surface area contributed by atoms with Gasteiger partial charge in [-0.1, -0.05) is 23.7 Å². The van der Waals surface area contributed by atoms with Crippen LogP contribution in [-0.4, -0.2) is 22.6 Å². The summed E-state index contributed by atoms with van der Waals surface area (Å²) >= 11 is 7.32. The smallest absolute Gasteiger partial charge is 0.373 e. The van der Waals surface area contributed by atoms with Crippen LogP contribution in [0.3, 0.4) is 0 Å². The van der Waals surface area contributed by atoms with Gasteiger partial charge in [0, 0.05) is 15.5 Å². The molecule has 0 atom stereocenters. The Labute approximate surface area is 173 Å². The number of rotatable bonds is 4. The Hall–Kier alpha value is -3.10. The van der Waals surface area contributed by atoms with Crippen LogP contribution in [0.4, 0.5) is 0 Å². The fourth-order valence-electron chi connectivity index (χ4n) is 3.17. The quantitative estimate of drug-likeness (QED) is 0.497. The summed E-state index contributed by atoms with van der Waals surface area (Å²) in [7, 11) is 1.24. The van der Waals surface area contributed by atoms with E-state index in [2.05, 4.69) is 9.72 Å². The standard InChI is InChI=1S/C20H15ClN2O5S/c1-10-15(11-3-5-12(21)6-4-11)16-17(29-10)22-20(26)23(18(16)24)9-13-7-8-14(28-13)19(25)27-2/h3-8H,9H2,1-2H3,(H,22,26). The maximum atomic E-state index is 13.2. The number of ether oxygens (including phenoxy) is 1. The Bertz CT molecular complexity index is 1340. The Morgan fingerprint density at radius 2 is 1.93 bits per heavy atom. The second-order valence-electron chi connectivity index (χ2n) is 6.32. The largest absolute Gasteiger partial charge is 0.463 e. The van der Waals surface area contributed by atoms with E-state index in [4.69, 9.17) is 16.0 Å². The van der Waals surface area contributed by atoms with Gasteiger partial charge in [0.05, 0.1) is 19.0 Å². The number of aromatic amines is 1. The van der Waals surface area contributed by atoms with Gasteiger partial charge in [0.25, 0.3) is 5.56 Å². The number of esters is 1. The van der Waals surface area contributed by atoms with Gasteiger partial charge in [0.1, 0.15) is 10.6 Å². The molecular weight excluding hydrogens is 416 g/mol. The van der Waals surface area contributed by atoms with Crippen LogP contribution in [-0.2, 0) is 11.3 Å². The summed E-state index contributed by atoms with van der Waals surface area (Å²) in [5.74, 6) is -0.343. The van der Waals surface area contributed by atoms with Gasteiger partial charge in [-0.15, -0.1) is 11.3 Å². The van der Waals surface area contributed by atoms with Crippen LogP contribution < -0.4 is 11.2 Å². The first-order chi connectivity index (χ1) is 13.9. The molecule has 0 amide bonds. The van der Waals surface area contributed by atoms with Crippen LogP contribution in [0.5, 0.6) is 0 Å². The average molecular weight is 431 g/mol. The number of fused-ring (bicyclic) bond motifs is 1. The van der Waals surface area contributed by atoms with E-state index >= 15 is 0 Å². The number of benzene rings is 1. The number of aromatic nitrogens is 2. The number of hydrogen-bond donors (Lipinski definition) is 1. The van der Waals surface area contributed by atoms with Gasteiger partial charge >= 0.3 is 11.7 Å². The molecule has 0 aliphatic heterocycles. The molecule has 7 nitrogen and oxygen atoms in total. The Balaban J connectivity index is 1.86. The predicted molar refractivity (Wildman–Crippen MR) is 111 cm³/mol. The summed E-state index contributed by atoms with van der Waals surface area (Å²) in [4.78, 5) is 41.5. The fourth-order valence-corrected chi connectivity index (χ4v) is 4.35. The minimum absolute atomic E-state index is 0.00119. The second-order valence-corrected chi connectivity index (χ2v) is 7.98. The minimum atomic E-state index is -0.633. The minimum Gasteiger partial charge on any atom is -0.463 e. The average Bonchev–Trinajstić information content (AvgIpc) is 3.29. The molecule has 29 heavy (non-hydrogen) atoms. The van der Waals surface area contributed by atoms with Crippen LogP contribution in [0.2, 0.25) is 5.02 Å². The summed E-state index contributed by atoms with van der Waals surface area (Å²) in [5, 5.41) is 1.02. The maximum Gasteiger partial charge on any atom is 0.373 e. The normalized spacial score (nSPS) is 11.1. The van der Waals surface area contributed by atoms with Gasteiger partial charge in [-0.25, -0.2) is 9.59 Å². The number of thiophene rings is 1. The SMILES string of the molecule is COC(=O)c1ccc(Cn2c(=O)[nH]c3sc(C)c(-c4ccc(Cl)cc4)c3c2=O)o1. The van der Waals surface area contributed by atoms with Crippen molar-refractivity contribution < 1.29 is 13.9 Å². The van der Waals surface area contributed by atoms with E-state index in [1.54, 1.807) is 12.1 Å². The Morgan fingerprint density at radius 1 is 1.21 bits per heavy atom. The van der Waals surface area contributed by atoms with Crippen molar-refractivity contribution in [3.63, 3.8) is 0 Å². The number of furan rings is 1. The topological polar surface area (TPSA) is 94.3 Å². The summed E-state index contributed by atoms with van der Waals surface area (Å²) in [5.41, 5.74) is 0.600. The van der Waals surface area contributed by atoms with Crippen LogP contribution in [0.25, 0.3) is 21.3 Å². The lowest BCUT2D eigenvalue weighted by molar-refractivity contribution is 0.0563. The maximum absolute atomic E-state index is 13.2. The summed E-state index contributed by atoms with van der Waals surface area (Å²) < 4.78 is 11.0. The molecule has 148 valence electrons. The zero-order valence-electron chi connectivity index (χ0n) is 15.4. The number of nitrogens with zero attached hydrogens (tertiary/aromatic N) is 1. The highest BCUT2D eigenvalue weighted by Crippen LogP contribution is 2.35. The lowest BCUT2D eigenvalue weighted by Crippen LogP contribution is -2.35. The molecule has 3 aromatic heterocycles. The van der Waals surface area contributed by atoms with E-state index in [-0.39, 0.29) is 18.1 Å². The molecule has 3 heterocycles. The molecule has 0 radical (unpaired) electrons. The molecular formula is C20H15ClN2O5S. The van der Waals surface area contributed by atoms with E-state index in [0.717, 1.165) is 20.6 Å². The molecule has 0 unspecified atom stereocenters. The molecule has 0 saturated heterocycles. The summed E-state index contributed by atoms with van der Waals surface area (Å²) in [6, 6.07) is 10.1. The van der Waals surface area contributed by atoms with E-state index in [1.807, 2.05) is 19.1 Å². The molecule has 1 aromatic carbocycles. The lowest BCUT2D eigenvalue weighted by Gasteiger charge is -2.05. The van der Waals surface area contributed by atoms with Crippen molar-refractivity contribution in [1.29, 1.82) is 0 Å². The van der Waals surface area contributed by atoms with Gasteiger partial charge in [0.15, 0.2) is 0 Å². The third kappa shape index (κ3) is 3.41. The summed E-state index contributed by atoms with van der Waals surface area (Å²) in [6.07, 6.45) is 0. The zero-order valence-corrected chi connectivity index (χ0v) is 17.0. The lowest BCUT2D eigenvalue weighted by atomic mass is 10.0. The molecule has 1 N–H and O–H groups in total. The molecule has 4 rings (SSSR count). The predicted octanol–water partition coefficient (Wildman–Crippen LogP) is 3.81. The molecule has 0 aliphatic rings. The molecule has 0 spiro atoms.